The molecular formula is C30H27FN2O4. The molecule has 0 radical (unpaired) electrons. The number of aromatic nitrogens is 2. The molecule has 3 aromatic carbocycles. The predicted octanol–water partition coefficient (Wildman–Crippen LogP) is 6.51. The van der Waals surface area contributed by atoms with E-state index in [4.69, 9.17) is 14.5 Å². The molecule has 1 aromatic heterocycles. The molecule has 1 fully saturated rings. The first kappa shape index (κ1) is 24.4. The van der Waals surface area contributed by atoms with E-state index in [1.54, 1.807) is 18.3 Å². The molecule has 1 N–H and O–H groups in total. The molecule has 7 heteroatoms. The number of ether oxygens (including phenoxy) is 2. The van der Waals surface area contributed by atoms with Crippen LogP contribution < -0.4 is 9.47 Å². The summed E-state index contributed by atoms with van der Waals surface area (Å²) in [5.74, 6) is 0.355. The van der Waals surface area contributed by atoms with E-state index in [-0.39, 0.29) is 18.9 Å². The van der Waals surface area contributed by atoms with Crippen molar-refractivity contribution in [2.75, 3.05) is 7.11 Å². The Bertz CT molecular complexity index is 1410. The lowest BCUT2D eigenvalue weighted by atomic mass is 9.91. The van der Waals surface area contributed by atoms with Crippen LogP contribution in [0.4, 0.5) is 4.39 Å². The maximum Gasteiger partial charge on any atom is 0.303 e. The normalized spacial score (nSPS) is 13.7. The first-order valence-corrected chi connectivity index (χ1v) is 12.2. The maximum absolute atomic E-state index is 14.8. The average Bonchev–Trinajstić information content (AvgIpc) is 3.77. The summed E-state index contributed by atoms with van der Waals surface area (Å²) < 4.78 is 26.1. The SMILES string of the molecule is COc1ccc(F)c(-c2ncc(COc3cccc([C@@H](CC(=O)O)C4CC4)c3)nc2-c2ccccc2)c1. The Balaban J connectivity index is 1.43. The highest BCUT2D eigenvalue weighted by Crippen LogP contribution is 2.45. The quantitative estimate of drug-likeness (QED) is 0.269. The van der Waals surface area contributed by atoms with Crippen LogP contribution in [0.3, 0.4) is 0 Å². The van der Waals surface area contributed by atoms with Crippen LogP contribution in [-0.2, 0) is 11.4 Å². The number of carboxylic acids is 1. The number of hydrogen-bond donors (Lipinski definition) is 1. The number of nitrogens with zero attached hydrogens (tertiary/aromatic N) is 2. The van der Waals surface area contributed by atoms with Gasteiger partial charge in [0.1, 0.15) is 23.9 Å². The van der Waals surface area contributed by atoms with Gasteiger partial charge in [0.05, 0.1) is 36.8 Å². The Morgan fingerprint density at radius 1 is 1.03 bits per heavy atom. The van der Waals surface area contributed by atoms with Gasteiger partial charge in [0.25, 0.3) is 0 Å². The lowest BCUT2D eigenvalue weighted by molar-refractivity contribution is -0.137. The largest absolute Gasteiger partial charge is 0.497 e. The number of halogens is 1. The highest BCUT2D eigenvalue weighted by Gasteiger charge is 2.33. The van der Waals surface area contributed by atoms with E-state index in [0.29, 0.717) is 40.1 Å². The minimum atomic E-state index is -0.792. The molecule has 0 bridgehead atoms. The Morgan fingerprint density at radius 3 is 2.57 bits per heavy atom. The van der Waals surface area contributed by atoms with Gasteiger partial charge in [-0.15, -0.1) is 0 Å². The minimum absolute atomic E-state index is 0.0115. The van der Waals surface area contributed by atoms with Gasteiger partial charge in [0.15, 0.2) is 0 Å². The van der Waals surface area contributed by atoms with Crippen molar-refractivity contribution in [2.45, 2.75) is 31.8 Å². The van der Waals surface area contributed by atoms with E-state index in [0.717, 1.165) is 24.0 Å². The van der Waals surface area contributed by atoms with E-state index in [1.807, 2.05) is 54.6 Å². The van der Waals surface area contributed by atoms with Crippen LogP contribution in [-0.4, -0.2) is 28.2 Å². The van der Waals surface area contributed by atoms with Gasteiger partial charge >= 0.3 is 5.97 Å². The molecule has 1 atom stereocenters. The predicted molar refractivity (Wildman–Crippen MR) is 138 cm³/mol. The number of carboxylic acid groups (broad SMARTS) is 1. The fourth-order valence-corrected chi connectivity index (χ4v) is 4.54. The zero-order valence-electron chi connectivity index (χ0n) is 20.4. The smallest absolute Gasteiger partial charge is 0.303 e. The van der Waals surface area contributed by atoms with Crippen LogP contribution >= 0.6 is 0 Å². The monoisotopic (exact) mass is 498 g/mol. The van der Waals surface area contributed by atoms with Crippen LogP contribution in [0.15, 0.2) is 79.0 Å². The fourth-order valence-electron chi connectivity index (χ4n) is 4.54. The van der Waals surface area contributed by atoms with Crippen LogP contribution in [0.1, 0.15) is 36.4 Å². The lowest BCUT2D eigenvalue weighted by Gasteiger charge is -2.16. The van der Waals surface area contributed by atoms with Gasteiger partial charge < -0.3 is 14.6 Å². The highest BCUT2D eigenvalue weighted by atomic mass is 19.1. The summed E-state index contributed by atoms with van der Waals surface area (Å²) in [5.41, 5.74) is 3.61. The molecule has 37 heavy (non-hydrogen) atoms. The zero-order chi connectivity index (χ0) is 25.8. The van der Waals surface area contributed by atoms with Crippen molar-refractivity contribution in [3.8, 4) is 34.0 Å². The molecule has 1 saturated carbocycles. The fraction of sp³-hybridized carbons (Fsp3) is 0.233. The van der Waals surface area contributed by atoms with Gasteiger partial charge in [0, 0.05) is 11.1 Å². The summed E-state index contributed by atoms with van der Waals surface area (Å²) in [6.07, 6.45) is 3.81. The van der Waals surface area contributed by atoms with E-state index >= 15 is 0 Å². The van der Waals surface area contributed by atoms with Gasteiger partial charge in [0.2, 0.25) is 0 Å². The third kappa shape index (κ3) is 5.77. The summed E-state index contributed by atoms with van der Waals surface area (Å²) in [5, 5.41) is 9.34. The molecule has 0 spiro atoms. The van der Waals surface area contributed by atoms with Crippen molar-refractivity contribution in [3.05, 3.63) is 96.1 Å². The van der Waals surface area contributed by atoms with E-state index in [2.05, 4.69) is 4.98 Å². The van der Waals surface area contributed by atoms with Gasteiger partial charge in [-0.05, 0) is 60.6 Å². The number of hydrogen-bond acceptors (Lipinski definition) is 5. The second-order valence-electron chi connectivity index (χ2n) is 9.17. The molecule has 188 valence electrons. The molecule has 1 heterocycles. The van der Waals surface area contributed by atoms with Crippen molar-refractivity contribution in [3.63, 3.8) is 0 Å². The summed E-state index contributed by atoms with van der Waals surface area (Å²) in [4.78, 5) is 20.7. The molecule has 0 amide bonds. The lowest BCUT2D eigenvalue weighted by Crippen LogP contribution is -2.09. The Hall–Kier alpha value is -4.26. The maximum atomic E-state index is 14.8. The van der Waals surface area contributed by atoms with Gasteiger partial charge in [-0.3, -0.25) is 9.78 Å². The summed E-state index contributed by atoms with van der Waals surface area (Å²) in [6, 6.07) is 21.6. The van der Waals surface area contributed by atoms with Crippen molar-refractivity contribution < 1.29 is 23.8 Å². The summed E-state index contributed by atoms with van der Waals surface area (Å²) in [6.45, 7) is 0.157. The first-order valence-electron chi connectivity index (χ1n) is 12.2. The van der Waals surface area contributed by atoms with Crippen molar-refractivity contribution in [2.24, 2.45) is 5.92 Å². The minimum Gasteiger partial charge on any atom is -0.497 e. The van der Waals surface area contributed by atoms with Crippen molar-refractivity contribution in [1.29, 1.82) is 0 Å². The molecule has 4 aromatic rings. The second kappa shape index (κ2) is 10.8. The molecular weight excluding hydrogens is 471 g/mol. The van der Waals surface area contributed by atoms with Gasteiger partial charge in [-0.1, -0.05) is 42.5 Å². The van der Waals surface area contributed by atoms with Gasteiger partial charge in [-0.2, -0.15) is 0 Å². The van der Waals surface area contributed by atoms with Crippen LogP contribution in [0.25, 0.3) is 22.5 Å². The average molecular weight is 499 g/mol. The Kier molecular flexibility index (Phi) is 7.12. The molecule has 0 unspecified atom stereocenters. The summed E-state index contributed by atoms with van der Waals surface area (Å²) in [7, 11) is 1.53. The standard InChI is InChI=1S/C30H27FN2O4/c1-36-23-12-13-27(31)26(15-23)30-29(20-6-3-2-4-7-20)33-22(17-32-30)18-37-24-9-5-8-21(14-24)25(16-28(34)35)19-10-11-19/h2-9,12-15,17,19,25H,10-11,16,18H2,1H3,(H,34,35)/t25-/m0/s1. The third-order valence-electron chi connectivity index (χ3n) is 6.56. The highest BCUT2D eigenvalue weighted by molar-refractivity contribution is 5.78. The number of methoxy groups -OCH3 is 1. The number of rotatable bonds is 10. The number of carbonyl (C=O) groups is 1. The van der Waals surface area contributed by atoms with Gasteiger partial charge in [-0.25, -0.2) is 9.37 Å². The second-order valence-corrected chi connectivity index (χ2v) is 9.17. The first-order chi connectivity index (χ1) is 18.0. The van der Waals surface area contributed by atoms with Crippen molar-refractivity contribution in [1.82, 2.24) is 9.97 Å². The van der Waals surface area contributed by atoms with E-state index < -0.39 is 11.8 Å². The molecule has 6 nitrogen and oxygen atoms in total. The Labute approximate surface area is 214 Å². The molecule has 5 rings (SSSR count). The summed E-state index contributed by atoms with van der Waals surface area (Å²) >= 11 is 0. The third-order valence-corrected chi connectivity index (χ3v) is 6.56. The van der Waals surface area contributed by atoms with Crippen LogP contribution in [0, 0.1) is 11.7 Å². The number of aliphatic carboxylic acids is 1. The Morgan fingerprint density at radius 2 is 1.84 bits per heavy atom. The van der Waals surface area contributed by atoms with E-state index in [9.17, 15) is 14.3 Å². The van der Waals surface area contributed by atoms with E-state index in [1.165, 1.54) is 13.2 Å². The number of benzene rings is 3. The van der Waals surface area contributed by atoms with Crippen LogP contribution in [0.2, 0.25) is 0 Å². The zero-order valence-corrected chi connectivity index (χ0v) is 20.4. The molecule has 0 aliphatic heterocycles. The molecule has 1 aliphatic carbocycles. The van der Waals surface area contributed by atoms with Crippen LogP contribution in [0.5, 0.6) is 11.5 Å². The molecule has 1 aliphatic rings. The molecule has 0 saturated heterocycles. The van der Waals surface area contributed by atoms with Crippen molar-refractivity contribution >= 4 is 5.97 Å². The topological polar surface area (TPSA) is 81.5 Å².